The monoisotopic (exact) mass is 155 g/mol. The molecule has 11 heavy (non-hydrogen) atoms. The summed E-state index contributed by atoms with van der Waals surface area (Å²) < 4.78 is 0. The van der Waals surface area contributed by atoms with Gasteiger partial charge in [-0.05, 0) is 38.8 Å². The average molecular weight is 155 g/mol. The second kappa shape index (κ2) is 3.57. The maximum atomic E-state index is 2.48. The Morgan fingerprint density at radius 1 is 1.36 bits per heavy atom. The van der Waals surface area contributed by atoms with Gasteiger partial charge in [-0.15, -0.1) is 0 Å². The molecule has 0 amide bonds. The van der Waals surface area contributed by atoms with Crippen LogP contribution in [0, 0.1) is 11.8 Å². The molecule has 1 fully saturated rings. The van der Waals surface area contributed by atoms with Crippen molar-refractivity contribution in [2.24, 2.45) is 11.8 Å². The standard InChI is InChI=1S/C10H21N/c1-5-10-6-7-11(4)9(3)8(10)2/h8-10H,5-7H2,1-4H3. The van der Waals surface area contributed by atoms with Crippen LogP contribution in [-0.4, -0.2) is 24.5 Å². The van der Waals surface area contributed by atoms with Crippen molar-refractivity contribution in [2.75, 3.05) is 13.6 Å². The molecule has 1 rings (SSSR count). The van der Waals surface area contributed by atoms with E-state index in [1.165, 1.54) is 19.4 Å². The molecule has 1 heteroatoms. The molecule has 1 heterocycles. The summed E-state index contributed by atoms with van der Waals surface area (Å²) >= 11 is 0. The lowest BCUT2D eigenvalue weighted by Crippen LogP contribution is -2.43. The van der Waals surface area contributed by atoms with Crippen molar-refractivity contribution in [1.29, 1.82) is 0 Å². The van der Waals surface area contributed by atoms with E-state index in [9.17, 15) is 0 Å². The predicted molar refractivity (Wildman–Crippen MR) is 49.7 cm³/mol. The summed E-state index contributed by atoms with van der Waals surface area (Å²) in [6.07, 6.45) is 2.76. The van der Waals surface area contributed by atoms with E-state index in [4.69, 9.17) is 0 Å². The van der Waals surface area contributed by atoms with Crippen molar-refractivity contribution in [3.63, 3.8) is 0 Å². The van der Waals surface area contributed by atoms with Gasteiger partial charge in [0.1, 0.15) is 0 Å². The second-order valence-electron chi connectivity index (χ2n) is 4.04. The van der Waals surface area contributed by atoms with Crippen molar-refractivity contribution in [3.8, 4) is 0 Å². The highest BCUT2D eigenvalue weighted by Gasteiger charge is 2.28. The van der Waals surface area contributed by atoms with Crippen LogP contribution in [0.15, 0.2) is 0 Å². The molecule has 0 spiro atoms. The van der Waals surface area contributed by atoms with Gasteiger partial charge in [0.2, 0.25) is 0 Å². The maximum absolute atomic E-state index is 2.48. The molecule has 0 aromatic rings. The zero-order valence-corrected chi connectivity index (χ0v) is 8.30. The van der Waals surface area contributed by atoms with Gasteiger partial charge in [-0.1, -0.05) is 20.3 Å². The third kappa shape index (κ3) is 1.76. The lowest BCUT2D eigenvalue weighted by atomic mass is 9.80. The first-order valence-electron chi connectivity index (χ1n) is 4.87. The summed E-state index contributed by atoms with van der Waals surface area (Å²) in [7, 11) is 2.24. The summed E-state index contributed by atoms with van der Waals surface area (Å²) in [6, 6.07) is 0.786. The minimum Gasteiger partial charge on any atom is -0.303 e. The molecule has 0 saturated carbocycles. The fraction of sp³-hybridized carbons (Fsp3) is 1.00. The van der Waals surface area contributed by atoms with Crippen LogP contribution in [0.25, 0.3) is 0 Å². The van der Waals surface area contributed by atoms with E-state index in [0.29, 0.717) is 0 Å². The number of nitrogens with zero attached hydrogens (tertiary/aromatic N) is 1. The zero-order valence-electron chi connectivity index (χ0n) is 8.30. The molecule has 0 radical (unpaired) electrons. The molecule has 1 aliphatic rings. The van der Waals surface area contributed by atoms with Crippen molar-refractivity contribution in [3.05, 3.63) is 0 Å². The Labute approximate surface area is 70.8 Å². The van der Waals surface area contributed by atoms with Crippen molar-refractivity contribution < 1.29 is 0 Å². The highest BCUT2D eigenvalue weighted by atomic mass is 15.1. The maximum Gasteiger partial charge on any atom is 0.00921 e. The lowest BCUT2D eigenvalue weighted by molar-refractivity contribution is 0.0890. The Bertz CT molecular complexity index is 120. The molecule has 1 nitrogen and oxygen atoms in total. The van der Waals surface area contributed by atoms with Gasteiger partial charge in [0.05, 0.1) is 0 Å². The molecule has 1 aliphatic heterocycles. The quantitative estimate of drug-likeness (QED) is 0.562. The highest BCUT2D eigenvalue weighted by molar-refractivity contribution is 4.81. The van der Waals surface area contributed by atoms with Crippen LogP contribution >= 0.6 is 0 Å². The average Bonchev–Trinajstić information content (AvgIpc) is 2.01. The molecule has 0 aromatic carbocycles. The van der Waals surface area contributed by atoms with Crippen LogP contribution in [0.4, 0.5) is 0 Å². The van der Waals surface area contributed by atoms with Gasteiger partial charge in [0, 0.05) is 6.04 Å². The Kier molecular flexibility index (Phi) is 2.94. The molecular weight excluding hydrogens is 134 g/mol. The van der Waals surface area contributed by atoms with E-state index < -0.39 is 0 Å². The largest absolute Gasteiger partial charge is 0.303 e. The number of hydrogen-bond donors (Lipinski definition) is 0. The number of hydrogen-bond acceptors (Lipinski definition) is 1. The van der Waals surface area contributed by atoms with Crippen LogP contribution in [0.3, 0.4) is 0 Å². The third-order valence-corrected chi connectivity index (χ3v) is 3.58. The fourth-order valence-corrected chi connectivity index (χ4v) is 2.21. The second-order valence-corrected chi connectivity index (χ2v) is 4.04. The number of likely N-dealkylation sites (tertiary alicyclic amines) is 1. The smallest absolute Gasteiger partial charge is 0.00921 e. The first-order valence-corrected chi connectivity index (χ1v) is 4.87. The molecule has 3 unspecified atom stereocenters. The first-order chi connectivity index (χ1) is 5.16. The van der Waals surface area contributed by atoms with Gasteiger partial charge >= 0.3 is 0 Å². The Morgan fingerprint density at radius 3 is 2.55 bits per heavy atom. The van der Waals surface area contributed by atoms with E-state index in [0.717, 1.165) is 17.9 Å². The van der Waals surface area contributed by atoms with Gasteiger partial charge in [-0.25, -0.2) is 0 Å². The van der Waals surface area contributed by atoms with Gasteiger partial charge in [-0.3, -0.25) is 0 Å². The highest BCUT2D eigenvalue weighted by Crippen LogP contribution is 2.29. The molecule has 3 atom stereocenters. The van der Waals surface area contributed by atoms with Gasteiger partial charge in [-0.2, -0.15) is 0 Å². The summed E-state index contributed by atoms with van der Waals surface area (Å²) in [5, 5.41) is 0. The lowest BCUT2D eigenvalue weighted by Gasteiger charge is -2.40. The van der Waals surface area contributed by atoms with Gasteiger partial charge in [0.15, 0.2) is 0 Å². The van der Waals surface area contributed by atoms with Crippen molar-refractivity contribution >= 4 is 0 Å². The van der Waals surface area contributed by atoms with E-state index in [1.54, 1.807) is 0 Å². The van der Waals surface area contributed by atoms with E-state index in [2.05, 4.69) is 32.7 Å². The first kappa shape index (κ1) is 9.05. The number of rotatable bonds is 1. The molecule has 66 valence electrons. The van der Waals surface area contributed by atoms with E-state index in [1.807, 2.05) is 0 Å². The number of piperidine rings is 1. The molecule has 0 aliphatic carbocycles. The van der Waals surface area contributed by atoms with E-state index in [-0.39, 0.29) is 0 Å². The SMILES string of the molecule is CCC1CCN(C)C(C)C1C. The fourth-order valence-electron chi connectivity index (χ4n) is 2.21. The summed E-state index contributed by atoms with van der Waals surface area (Å²) in [4.78, 5) is 2.48. The van der Waals surface area contributed by atoms with Crippen LogP contribution < -0.4 is 0 Å². The Balaban J connectivity index is 2.52. The van der Waals surface area contributed by atoms with Gasteiger partial charge in [0.25, 0.3) is 0 Å². The van der Waals surface area contributed by atoms with Crippen LogP contribution in [-0.2, 0) is 0 Å². The third-order valence-electron chi connectivity index (χ3n) is 3.58. The summed E-state index contributed by atoms with van der Waals surface area (Å²) in [5.74, 6) is 1.86. The molecule has 0 bridgehead atoms. The van der Waals surface area contributed by atoms with Gasteiger partial charge < -0.3 is 4.90 Å². The van der Waals surface area contributed by atoms with Crippen LogP contribution in [0.2, 0.25) is 0 Å². The predicted octanol–water partition coefficient (Wildman–Crippen LogP) is 2.37. The van der Waals surface area contributed by atoms with E-state index >= 15 is 0 Å². The topological polar surface area (TPSA) is 3.24 Å². The summed E-state index contributed by atoms with van der Waals surface area (Å²) in [6.45, 7) is 8.37. The normalized spacial score (nSPS) is 40.9. The van der Waals surface area contributed by atoms with Crippen molar-refractivity contribution in [1.82, 2.24) is 4.90 Å². The molecule has 0 N–H and O–H groups in total. The molecule has 0 aromatic heterocycles. The summed E-state index contributed by atoms with van der Waals surface area (Å²) in [5.41, 5.74) is 0. The Morgan fingerprint density at radius 2 is 2.00 bits per heavy atom. The molecular formula is C10H21N. The van der Waals surface area contributed by atoms with Crippen LogP contribution in [0.1, 0.15) is 33.6 Å². The minimum absolute atomic E-state index is 0.786. The Hall–Kier alpha value is -0.0400. The minimum atomic E-state index is 0.786. The molecule has 1 saturated heterocycles. The van der Waals surface area contributed by atoms with Crippen LogP contribution in [0.5, 0.6) is 0 Å². The zero-order chi connectivity index (χ0) is 8.43. The van der Waals surface area contributed by atoms with Crippen molar-refractivity contribution in [2.45, 2.75) is 39.7 Å².